The van der Waals surface area contributed by atoms with E-state index >= 15 is 0 Å². The molecule has 2 nitrogen and oxygen atoms in total. The van der Waals surface area contributed by atoms with Crippen LogP contribution in [-0.4, -0.2) is 11.7 Å². The summed E-state index contributed by atoms with van der Waals surface area (Å²) in [6, 6.07) is 30.1. The summed E-state index contributed by atoms with van der Waals surface area (Å²) in [5.74, 6) is -0.0419. The van der Waals surface area contributed by atoms with Gasteiger partial charge in [-0.15, -0.1) is 0 Å². The highest BCUT2D eigenvalue weighted by molar-refractivity contribution is 5.38. The van der Waals surface area contributed by atoms with Gasteiger partial charge < -0.3 is 9.84 Å². The van der Waals surface area contributed by atoms with E-state index < -0.39 is 5.60 Å². The number of hydrogen-bond acceptors (Lipinski definition) is 2. The van der Waals surface area contributed by atoms with E-state index in [1.54, 1.807) is 0 Å². The van der Waals surface area contributed by atoms with Gasteiger partial charge in [0.2, 0.25) is 0 Å². The average Bonchev–Trinajstić information content (AvgIpc) is 3.20. The fraction of sp³-hybridized carbons (Fsp3) is 0.217. The Hall–Kier alpha value is -2.42. The quantitative estimate of drug-likeness (QED) is 0.751. The maximum absolute atomic E-state index is 12.0. The first-order chi connectivity index (χ1) is 12.3. The first-order valence-electron chi connectivity index (χ1n) is 8.80. The molecule has 0 amide bonds. The van der Waals surface area contributed by atoms with Crippen molar-refractivity contribution in [3.8, 4) is 0 Å². The molecule has 2 atom stereocenters. The zero-order chi connectivity index (χ0) is 17.1. The molecule has 1 N–H and O–H groups in total. The van der Waals surface area contributed by atoms with Gasteiger partial charge in [0.1, 0.15) is 5.60 Å². The van der Waals surface area contributed by atoms with Crippen LogP contribution >= 0.6 is 0 Å². The Morgan fingerprint density at radius 1 is 0.720 bits per heavy atom. The van der Waals surface area contributed by atoms with Crippen LogP contribution in [0.3, 0.4) is 0 Å². The molecule has 0 radical (unpaired) electrons. The minimum atomic E-state index is -1.08. The van der Waals surface area contributed by atoms with Crippen LogP contribution in [-0.2, 0) is 10.3 Å². The fourth-order valence-corrected chi connectivity index (χ4v) is 3.97. The normalized spacial score (nSPS) is 20.5. The van der Waals surface area contributed by atoms with Crippen LogP contribution in [0.25, 0.3) is 0 Å². The summed E-state index contributed by atoms with van der Waals surface area (Å²) >= 11 is 0. The van der Waals surface area contributed by atoms with Crippen LogP contribution in [0.15, 0.2) is 91.0 Å². The monoisotopic (exact) mass is 330 g/mol. The van der Waals surface area contributed by atoms with Crippen molar-refractivity contribution in [3.63, 3.8) is 0 Å². The Balaban J connectivity index is 1.84. The molecule has 25 heavy (non-hydrogen) atoms. The van der Waals surface area contributed by atoms with Crippen molar-refractivity contribution in [1.82, 2.24) is 0 Å². The summed E-state index contributed by atoms with van der Waals surface area (Å²) in [5.41, 5.74) is 1.87. The first-order valence-corrected chi connectivity index (χ1v) is 8.80. The average molecular weight is 330 g/mol. The molecule has 1 aliphatic rings. The molecule has 3 aromatic rings. The third-order valence-corrected chi connectivity index (χ3v) is 5.18. The van der Waals surface area contributed by atoms with Gasteiger partial charge in [-0.1, -0.05) is 91.0 Å². The molecule has 2 heteroatoms. The Kier molecular flexibility index (Phi) is 4.39. The predicted molar refractivity (Wildman–Crippen MR) is 99.1 cm³/mol. The summed E-state index contributed by atoms with van der Waals surface area (Å²) in [5, 5.41) is 12.0. The SMILES string of the molecule is OC(c1ccccc1)(c1ccccc1)[C@@H]1CCO[C@@H]1c1ccccc1. The largest absolute Gasteiger partial charge is 0.380 e. The molecule has 0 aromatic heterocycles. The highest BCUT2D eigenvalue weighted by atomic mass is 16.5. The van der Waals surface area contributed by atoms with E-state index in [2.05, 4.69) is 12.1 Å². The highest BCUT2D eigenvalue weighted by Crippen LogP contribution is 2.49. The second-order valence-corrected chi connectivity index (χ2v) is 6.60. The van der Waals surface area contributed by atoms with Gasteiger partial charge in [-0.3, -0.25) is 0 Å². The summed E-state index contributed by atoms with van der Waals surface area (Å²) in [6.45, 7) is 0.659. The van der Waals surface area contributed by atoms with Crippen molar-refractivity contribution in [3.05, 3.63) is 108 Å². The van der Waals surface area contributed by atoms with Crippen molar-refractivity contribution in [2.45, 2.75) is 18.1 Å². The lowest BCUT2D eigenvalue weighted by molar-refractivity contribution is -0.0257. The molecule has 1 saturated heterocycles. The molecule has 1 fully saturated rings. The molecular weight excluding hydrogens is 308 g/mol. The van der Waals surface area contributed by atoms with Gasteiger partial charge in [0.25, 0.3) is 0 Å². The van der Waals surface area contributed by atoms with Crippen molar-refractivity contribution < 1.29 is 9.84 Å². The second-order valence-electron chi connectivity index (χ2n) is 6.60. The molecule has 0 saturated carbocycles. The summed E-state index contributed by atoms with van der Waals surface area (Å²) < 4.78 is 6.08. The van der Waals surface area contributed by atoms with Crippen LogP contribution in [0.4, 0.5) is 0 Å². The standard InChI is InChI=1S/C23H22O2/c24-23(19-12-6-2-7-13-19,20-14-8-3-9-15-20)21-16-17-25-22(21)18-10-4-1-5-11-18/h1-15,21-22,24H,16-17H2/t21-,22-/m1/s1. The van der Waals surface area contributed by atoms with Crippen LogP contribution < -0.4 is 0 Å². The van der Waals surface area contributed by atoms with Crippen molar-refractivity contribution >= 4 is 0 Å². The van der Waals surface area contributed by atoms with Gasteiger partial charge in [-0.25, -0.2) is 0 Å². The Morgan fingerprint density at radius 3 is 1.72 bits per heavy atom. The summed E-state index contributed by atoms with van der Waals surface area (Å²) in [7, 11) is 0. The fourth-order valence-electron chi connectivity index (χ4n) is 3.97. The maximum Gasteiger partial charge on any atom is 0.120 e. The number of aliphatic hydroxyl groups is 1. The molecule has 1 heterocycles. The van der Waals surface area contributed by atoms with Gasteiger partial charge in [0, 0.05) is 12.5 Å². The lowest BCUT2D eigenvalue weighted by atomic mass is 9.72. The topological polar surface area (TPSA) is 29.5 Å². The molecule has 0 aliphatic carbocycles. The lowest BCUT2D eigenvalue weighted by Gasteiger charge is -2.37. The van der Waals surface area contributed by atoms with Gasteiger partial charge >= 0.3 is 0 Å². The predicted octanol–water partition coefficient (Wildman–Crippen LogP) is 4.70. The Bertz CT molecular complexity index is 760. The molecule has 0 unspecified atom stereocenters. The molecule has 126 valence electrons. The van der Waals surface area contributed by atoms with E-state index in [1.807, 2.05) is 78.9 Å². The third-order valence-electron chi connectivity index (χ3n) is 5.18. The number of hydrogen-bond donors (Lipinski definition) is 1. The van der Waals surface area contributed by atoms with Crippen molar-refractivity contribution in [1.29, 1.82) is 0 Å². The second kappa shape index (κ2) is 6.83. The van der Waals surface area contributed by atoms with Crippen LogP contribution in [0, 0.1) is 5.92 Å². The van der Waals surface area contributed by atoms with Crippen LogP contribution in [0.1, 0.15) is 29.2 Å². The van der Waals surface area contributed by atoms with Crippen LogP contribution in [0.2, 0.25) is 0 Å². The van der Waals surface area contributed by atoms with E-state index in [9.17, 15) is 5.11 Å². The number of benzene rings is 3. The van der Waals surface area contributed by atoms with Gasteiger partial charge in [-0.2, -0.15) is 0 Å². The van der Waals surface area contributed by atoms with E-state index in [1.165, 1.54) is 0 Å². The van der Waals surface area contributed by atoms with Crippen molar-refractivity contribution in [2.24, 2.45) is 5.92 Å². The van der Waals surface area contributed by atoms with E-state index in [-0.39, 0.29) is 12.0 Å². The Labute approximate surface area is 148 Å². The first kappa shape index (κ1) is 16.1. The van der Waals surface area contributed by atoms with Gasteiger partial charge in [0.15, 0.2) is 0 Å². The van der Waals surface area contributed by atoms with E-state index in [0.717, 1.165) is 23.1 Å². The minimum Gasteiger partial charge on any atom is -0.380 e. The zero-order valence-electron chi connectivity index (χ0n) is 14.1. The molecular formula is C23H22O2. The summed E-state index contributed by atoms with van der Waals surface area (Å²) in [6.07, 6.45) is 0.700. The van der Waals surface area contributed by atoms with Crippen LogP contribution in [0.5, 0.6) is 0 Å². The molecule has 3 aromatic carbocycles. The number of rotatable bonds is 4. The maximum atomic E-state index is 12.0. The Morgan fingerprint density at radius 2 is 1.20 bits per heavy atom. The van der Waals surface area contributed by atoms with E-state index in [4.69, 9.17) is 4.74 Å². The molecule has 4 rings (SSSR count). The molecule has 0 bridgehead atoms. The van der Waals surface area contributed by atoms with Gasteiger partial charge in [-0.05, 0) is 23.1 Å². The minimum absolute atomic E-state index is 0.0419. The zero-order valence-corrected chi connectivity index (χ0v) is 14.1. The van der Waals surface area contributed by atoms with Gasteiger partial charge in [0.05, 0.1) is 6.10 Å². The highest BCUT2D eigenvalue weighted by Gasteiger charge is 2.47. The molecule has 1 aliphatic heterocycles. The molecule has 0 spiro atoms. The summed E-state index contributed by atoms with van der Waals surface area (Å²) in [4.78, 5) is 0. The third kappa shape index (κ3) is 2.88. The van der Waals surface area contributed by atoms with Crippen molar-refractivity contribution in [2.75, 3.05) is 6.61 Å². The van der Waals surface area contributed by atoms with E-state index in [0.29, 0.717) is 6.61 Å². The smallest absolute Gasteiger partial charge is 0.120 e. The lowest BCUT2D eigenvalue weighted by Crippen LogP contribution is -2.38. The number of ether oxygens (including phenoxy) is 1.